The van der Waals surface area contributed by atoms with Gasteiger partial charge in [-0.3, -0.25) is 0 Å². The summed E-state index contributed by atoms with van der Waals surface area (Å²) in [6.45, 7) is 3.96. The summed E-state index contributed by atoms with van der Waals surface area (Å²) in [7, 11) is 1.60. The number of anilines is 1. The van der Waals surface area contributed by atoms with Gasteiger partial charge in [-0.05, 0) is 19.8 Å². The van der Waals surface area contributed by atoms with E-state index >= 15 is 0 Å². The summed E-state index contributed by atoms with van der Waals surface area (Å²) in [4.78, 5) is 8.10. The van der Waals surface area contributed by atoms with Crippen LogP contribution in [0.2, 0.25) is 0 Å². The SMILES string of the molecule is CCCC[C@@H](C[C@@H](C)O)Nc1ncncc1OC. The molecular formula is C13H23N3O2. The lowest BCUT2D eigenvalue weighted by Crippen LogP contribution is -2.25. The van der Waals surface area contributed by atoms with Gasteiger partial charge in [0, 0.05) is 6.04 Å². The van der Waals surface area contributed by atoms with Gasteiger partial charge >= 0.3 is 0 Å². The van der Waals surface area contributed by atoms with E-state index in [4.69, 9.17) is 4.74 Å². The smallest absolute Gasteiger partial charge is 0.179 e. The first-order chi connectivity index (χ1) is 8.67. The molecule has 0 unspecified atom stereocenters. The molecule has 2 N–H and O–H groups in total. The second-order valence-electron chi connectivity index (χ2n) is 4.51. The standard InChI is InChI=1S/C13H23N3O2/c1-4-5-6-11(7-10(2)17)16-13-12(18-3)8-14-9-15-13/h8-11,17H,4-7H2,1-3H3,(H,14,15,16)/t10-,11+/m1/s1. The molecule has 0 amide bonds. The van der Waals surface area contributed by atoms with Gasteiger partial charge in [-0.15, -0.1) is 0 Å². The monoisotopic (exact) mass is 253 g/mol. The molecule has 102 valence electrons. The van der Waals surface area contributed by atoms with Crippen LogP contribution in [0.3, 0.4) is 0 Å². The largest absolute Gasteiger partial charge is 0.491 e. The molecule has 5 nitrogen and oxygen atoms in total. The maximum absolute atomic E-state index is 9.52. The minimum Gasteiger partial charge on any atom is -0.491 e. The molecule has 0 aliphatic heterocycles. The number of hydrogen-bond donors (Lipinski definition) is 2. The molecule has 1 rings (SSSR count). The topological polar surface area (TPSA) is 67.3 Å². The molecule has 0 radical (unpaired) electrons. The van der Waals surface area contributed by atoms with Gasteiger partial charge in [-0.1, -0.05) is 19.8 Å². The van der Waals surface area contributed by atoms with Crippen LogP contribution in [0, 0.1) is 0 Å². The lowest BCUT2D eigenvalue weighted by Gasteiger charge is -2.21. The normalized spacial score (nSPS) is 14.0. The summed E-state index contributed by atoms with van der Waals surface area (Å²) in [6.07, 6.45) is 6.77. The van der Waals surface area contributed by atoms with Crippen LogP contribution >= 0.6 is 0 Å². The number of nitrogens with zero attached hydrogens (tertiary/aromatic N) is 2. The fraction of sp³-hybridized carbons (Fsp3) is 0.692. The average molecular weight is 253 g/mol. The van der Waals surface area contributed by atoms with Crippen LogP contribution in [0.1, 0.15) is 39.5 Å². The Hall–Kier alpha value is -1.36. The van der Waals surface area contributed by atoms with Crippen molar-refractivity contribution in [2.45, 2.75) is 51.7 Å². The van der Waals surface area contributed by atoms with Crippen LogP contribution in [-0.2, 0) is 0 Å². The molecule has 0 spiro atoms. The molecule has 18 heavy (non-hydrogen) atoms. The van der Waals surface area contributed by atoms with E-state index in [0.29, 0.717) is 18.0 Å². The van der Waals surface area contributed by atoms with Crippen molar-refractivity contribution in [2.75, 3.05) is 12.4 Å². The zero-order chi connectivity index (χ0) is 13.4. The van der Waals surface area contributed by atoms with E-state index in [9.17, 15) is 5.11 Å². The highest BCUT2D eigenvalue weighted by Crippen LogP contribution is 2.22. The summed E-state index contributed by atoms with van der Waals surface area (Å²) in [6, 6.07) is 0.203. The highest BCUT2D eigenvalue weighted by molar-refractivity contribution is 5.48. The highest BCUT2D eigenvalue weighted by Gasteiger charge is 2.14. The van der Waals surface area contributed by atoms with Gasteiger partial charge in [0.15, 0.2) is 11.6 Å². The van der Waals surface area contributed by atoms with Crippen molar-refractivity contribution in [3.63, 3.8) is 0 Å². The van der Waals surface area contributed by atoms with Crippen molar-refractivity contribution in [1.82, 2.24) is 9.97 Å². The molecular weight excluding hydrogens is 230 g/mol. The lowest BCUT2D eigenvalue weighted by molar-refractivity contribution is 0.175. The predicted octanol–water partition coefficient (Wildman–Crippen LogP) is 2.23. The Morgan fingerprint density at radius 1 is 1.50 bits per heavy atom. The van der Waals surface area contributed by atoms with Crippen LogP contribution in [0.15, 0.2) is 12.5 Å². The number of hydrogen-bond acceptors (Lipinski definition) is 5. The van der Waals surface area contributed by atoms with E-state index in [-0.39, 0.29) is 12.1 Å². The number of methoxy groups -OCH3 is 1. The van der Waals surface area contributed by atoms with Crippen molar-refractivity contribution in [3.8, 4) is 5.75 Å². The molecule has 0 fully saturated rings. The second-order valence-corrected chi connectivity index (χ2v) is 4.51. The van der Waals surface area contributed by atoms with Crippen molar-refractivity contribution in [1.29, 1.82) is 0 Å². The van der Waals surface area contributed by atoms with E-state index in [0.717, 1.165) is 19.3 Å². The summed E-state index contributed by atoms with van der Waals surface area (Å²) in [5.41, 5.74) is 0. The van der Waals surface area contributed by atoms with Gasteiger partial charge in [0.05, 0.1) is 19.4 Å². The quantitative estimate of drug-likeness (QED) is 0.743. The summed E-state index contributed by atoms with van der Waals surface area (Å²) >= 11 is 0. The summed E-state index contributed by atoms with van der Waals surface area (Å²) in [5.74, 6) is 1.32. The van der Waals surface area contributed by atoms with Crippen LogP contribution in [0.5, 0.6) is 5.75 Å². The van der Waals surface area contributed by atoms with Crippen LogP contribution in [0.25, 0.3) is 0 Å². The number of unbranched alkanes of at least 4 members (excludes halogenated alkanes) is 1. The molecule has 0 aliphatic rings. The summed E-state index contributed by atoms with van der Waals surface area (Å²) in [5, 5.41) is 12.9. The first kappa shape index (κ1) is 14.7. The van der Waals surface area contributed by atoms with Gasteiger partial charge in [0.25, 0.3) is 0 Å². The maximum atomic E-state index is 9.52. The Morgan fingerprint density at radius 3 is 2.89 bits per heavy atom. The third-order valence-corrected chi connectivity index (χ3v) is 2.77. The fourth-order valence-electron chi connectivity index (χ4n) is 1.88. The average Bonchev–Trinajstić information content (AvgIpc) is 2.36. The molecule has 2 atom stereocenters. The number of ether oxygens (including phenoxy) is 1. The molecule has 5 heteroatoms. The molecule has 0 saturated heterocycles. The Morgan fingerprint density at radius 2 is 2.28 bits per heavy atom. The van der Waals surface area contributed by atoms with Gasteiger partial charge in [0.1, 0.15) is 6.33 Å². The van der Waals surface area contributed by atoms with Gasteiger partial charge in [0.2, 0.25) is 0 Å². The number of aliphatic hydroxyl groups is 1. The summed E-state index contributed by atoms with van der Waals surface area (Å²) < 4.78 is 5.21. The van der Waals surface area contributed by atoms with Crippen LogP contribution in [0.4, 0.5) is 5.82 Å². The highest BCUT2D eigenvalue weighted by atomic mass is 16.5. The molecule has 0 aromatic carbocycles. The molecule has 0 aliphatic carbocycles. The van der Waals surface area contributed by atoms with E-state index < -0.39 is 0 Å². The number of aromatic nitrogens is 2. The second kappa shape index (κ2) is 7.87. The van der Waals surface area contributed by atoms with Crippen LogP contribution < -0.4 is 10.1 Å². The van der Waals surface area contributed by atoms with Gasteiger partial charge in [-0.2, -0.15) is 0 Å². The Bertz CT molecular complexity index is 345. The minimum absolute atomic E-state index is 0.203. The molecule has 0 bridgehead atoms. The van der Waals surface area contributed by atoms with Crippen molar-refractivity contribution in [2.24, 2.45) is 0 Å². The van der Waals surface area contributed by atoms with Gasteiger partial charge in [-0.25, -0.2) is 9.97 Å². The molecule has 1 aromatic heterocycles. The van der Waals surface area contributed by atoms with E-state index in [2.05, 4.69) is 22.2 Å². The van der Waals surface area contributed by atoms with Crippen molar-refractivity contribution >= 4 is 5.82 Å². The molecule has 1 heterocycles. The lowest BCUT2D eigenvalue weighted by atomic mass is 10.0. The Kier molecular flexibility index (Phi) is 6.43. The third-order valence-electron chi connectivity index (χ3n) is 2.77. The Labute approximate surface area is 109 Å². The maximum Gasteiger partial charge on any atom is 0.179 e. The Balaban J connectivity index is 2.68. The number of aliphatic hydroxyl groups excluding tert-OH is 1. The molecule has 1 aromatic rings. The first-order valence-corrected chi connectivity index (χ1v) is 6.46. The zero-order valence-electron chi connectivity index (χ0n) is 11.4. The number of nitrogens with one attached hydrogen (secondary N) is 1. The van der Waals surface area contributed by atoms with Crippen molar-refractivity contribution < 1.29 is 9.84 Å². The number of rotatable bonds is 8. The predicted molar refractivity (Wildman–Crippen MR) is 71.8 cm³/mol. The van der Waals surface area contributed by atoms with E-state index in [1.165, 1.54) is 6.33 Å². The van der Waals surface area contributed by atoms with E-state index in [1.807, 2.05) is 0 Å². The third kappa shape index (κ3) is 4.87. The molecule has 0 saturated carbocycles. The van der Waals surface area contributed by atoms with Crippen LogP contribution in [-0.4, -0.2) is 34.3 Å². The van der Waals surface area contributed by atoms with E-state index in [1.54, 1.807) is 20.2 Å². The zero-order valence-corrected chi connectivity index (χ0v) is 11.4. The van der Waals surface area contributed by atoms with Gasteiger partial charge < -0.3 is 15.2 Å². The fourth-order valence-corrected chi connectivity index (χ4v) is 1.88. The first-order valence-electron chi connectivity index (χ1n) is 6.46. The minimum atomic E-state index is -0.327. The van der Waals surface area contributed by atoms with Crippen molar-refractivity contribution in [3.05, 3.63) is 12.5 Å².